The number of aryl methyl sites for hydroxylation is 1. The van der Waals surface area contributed by atoms with Crippen LogP contribution in [-0.4, -0.2) is 27.2 Å². The number of nitrogens with one attached hydrogen (secondary N) is 2. The number of aromatic amines is 1. The molecule has 1 fully saturated rings. The normalized spacial score (nSPS) is 15.5. The molecule has 3 rings (SSSR count). The van der Waals surface area contributed by atoms with E-state index in [1.807, 2.05) is 30.0 Å². The topological polar surface area (TPSA) is 74.2 Å². The molecule has 2 amide bonds. The van der Waals surface area contributed by atoms with Crippen molar-refractivity contribution >= 4 is 6.03 Å². The first kappa shape index (κ1) is 14.7. The summed E-state index contributed by atoms with van der Waals surface area (Å²) in [6.45, 7) is 4.51. The first-order valence-electron chi connectivity index (χ1n) is 7.81. The van der Waals surface area contributed by atoms with Crippen molar-refractivity contribution < 1.29 is 9.21 Å². The van der Waals surface area contributed by atoms with E-state index in [0.717, 1.165) is 36.4 Å². The maximum Gasteiger partial charge on any atom is 0.318 e. The zero-order valence-electron chi connectivity index (χ0n) is 13.0. The van der Waals surface area contributed by atoms with E-state index in [9.17, 15) is 4.79 Å². The van der Waals surface area contributed by atoms with E-state index >= 15 is 0 Å². The van der Waals surface area contributed by atoms with Crippen LogP contribution in [0.1, 0.15) is 49.9 Å². The van der Waals surface area contributed by atoms with Gasteiger partial charge in [0.2, 0.25) is 0 Å². The molecule has 0 spiro atoms. The van der Waals surface area contributed by atoms with Gasteiger partial charge in [-0.3, -0.25) is 5.10 Å². The summed E-state index contributed by atoms with van der Waals surface area (Å²) in [7, 11) is 0. The average molecular weight is 302 g/mol. The molecule has 118 valence electrons. The van der Waals surface area contributed by atoms with Crippen molar-refractivity contribution in [1.29, 1.82) is 0 Å². The largest absolute Gasteiger partial charge is 0.467 e. The van der Waals surface area contributed by atoms with Crippen molar-refractivity contribution in [3.05, 3.63) is 41.6 Å². The van der Waals surface area contributed by atoms with Crippen LogP contribution in [0.5, 0.6) is 0 Å². The monoisotopic (exact) mass is 302 g/mol. The fraction of sp³-hybridized carbons (Fsp3) is 0.500. The number of furan rings is 1. The van der Waals surface area contributed by atoms with Crippen LogP contribution in [0.3, 0.4) is 0 Å². The van der Waals surface area contributed by atoms with E-state index in [0.29, 0.717) is 12.6 Å². The molecule has 0 aromatic carbocycles. The Bertz CT molecular complexity index is 616. The number of nitrogens with zero attached hydrogens (tertiary/aromatic N) is 2. The van der Waals surface area contributed by atoms with Gasteiger partial charge in [0.1, 0.15) is 5.76 Å². The Labute approximate surface area is 129 Å². The first-order valence-corrected chi connectivity index (χ1v) is 7.81. The summed E-state index contributed by atoms with van der Waals surface area (Å²) in [5.74, 6) is 0.817. The van der Waals surface area contributed by atoms with Crippen LogP contribution in [0.15, 0.2) is 28.9 Å². The second-order valence-electron chi connectivity index (χ2n) is 5.73. The second kappa shape index (κ2) is 6.25. The minimum atomic E-state index is -0.0598. The molecule has 1 atom stereocenters. The lowest BCUT2D eigenvalue weighted by Crippen LogP contribution is -2.42. The van der Waals surface area contributed by atoms with Gasteiger partial charge in [0.25, 0.3) is 0 Å². The number of hydrogen-bond acceptors (Lipinski definition) is 3. The van der Waals surface area contributed by atoms with Crippen LogP contribution in [0.25, 0.3) is 0 Å². The number of rotatable bonds is 6. The Kier molecular flexibility index (Phi) is 4.18. The predicted octanol–water partition coefficient (Wildman–Crippen LogP) is 3.00. The molecule has 2 aromatic rings. The molecule has 1 aliphatic rings. The van der Waals surface area contributed by atoms with E-state index in [-0.39, 0.29) is 12.1 Å². The summed E-state index contributed by atoms with van der Waals surface area (Å²) in [6, 6.07) is 5.95. The highest BCUT2D eigenvalue weighted by Gasteiger charge is 2.37. The van der Waals surface area contributed by atoms with Gasteiger partial charge < -0.3 is 14.6 Å². The molecule has 6 heteroatoms. The van der Waals surface area contributed by atoms with Gasteiger partial charge in [0.15, 0.2) is 0 Å². The lowest BCUT2D eigenvalue weighted by atomic mass is 10.2. The number of urea groups is 1. The predicted molar refractivity (Wildman–Crippen MR) is 82.2 cm³/mol. The number of carbonyl (C=O) groups excluding carboxylic acids is 1. The van der Waals surface area contributed by atoms with Crippen molar-refractivity contribution in [1.82, 2.24) is 20.4 Å². The van der Waals surface area contributed by atoms with Gasteiger partial charge in [-0.1, -0.05) is 6.92 Å². The van der Waals surface area contributed by atoms with Crippen molar-refractivity contribution in [3.8, 4) is 0 Å². The molecule has 0 saturated heterocycles. The minimum Gasteiger partial charge on any atom is -0.467 e. The molecule has 6 nitrogen and oxygen atoms in total. The Morgan fingerprint density at radius 1 is 1.59 bits per heavy atom. The molecule has 1 saturated carbocycles. The van der Waals surface area contributed by atoms with Gasteiger partial charge in [0, 0.05) is 6.04 Å². The van der Waals surface area contributed by atoms with Gasteiger partial charge in [-0.05, 0) is 44.4 Å². The number of amides is 2. The van der Waals surface area contributed by atoms with Gasteiger partial charge >= 0.3 is 6.03 Å². The van der Waals surface area contributed by atoms with Gasteiger partial charge in [-0.15, -0.1) is 0 Å². The Balaban J connectivity index is 1.63. The smallest absolute Gasteiger partial charge is 0.318 e. The van der Waals surface area contributed by atoms with Crippen LogP contribution in [-0.2, 0) is 13.0 Å². The molecule has 2 heterocycles. The Morgan fingerprint density at radius 3 is 3.00 bits per heavy atom. The first-order chi connectivity index (χ1) is 10.7. The summed E-state index contributed by atoms with van der Waals surface area (Å²) in [5, 5.41) is 10.1. The second-order valence-corrected chi connectivity index (χ2v) is 5.73. The molecule has 0 aliphatic heterocycles. The minimum absolute atomic E-state index is 0.0564. The van der Waals surface area contributed by atoms with E-state index in [2.05, 4.69) is 22.4 Å². The highest BCUT2D eigenvalue weighted by atomic mass is 16.3. The number of H-pyrrole nitrogens is 1. The number of hydrogen-bond donors (Lipinski definition) is 2. The van der Waals surface area contributed by atoms with Crippen LogP contribution in [0.4, 0.5) is 4.79 Å². The van der Waals surface area contributed by atoms with Crippen molar-refractivity contribution in [2.45, 2.75) is 51.7 Å². The van der Waals surface area contributed by atoms with Crippen molar-refractivity contribution in [3.63, 3.8) is 0 Å². The quantitative estimate of drug-likeness (QED) is 0.861. The molecule has 0 radical (unpaired) electrons. The van der Waals surface area contributed by atoms with Crippen LogP contribution in [0.2, 0.25) is 0 Å². The molecule has 22 heavy (non-hydrogen) atoms. The van der Waals surface area contributed by atoms with Crippen molar-refractivity contribution in [2.24, 2.45) is 0 Å². The van der Waals surface area contributed by atoms with Gasteiger partial charge in [-0.2, -0.15) is 5.10 Å². The summed E-state index contributed by atoms with van der Waals surface area (Å²) >= 11 is 0. The number of carbonyl (C=O) groups is 1. The maximum absolute atomic E-state index is 12.5. The molecule has 2 aromatic heterocycles. The third-order valence-electron chi connectivity index (χ3n) is 4.02. The molecular weight excluding hydrogens is 280 g/mol. The standard InChI is InChI=1S/C16H22N4O2/c1-3-12-9-13(19-18-12)10-17-16(21)20(14-6-7-14)11(2)15-5-4-8-22-15/h4-5,8-9,11,14H,3,6-7,10H2,1-2H3,(H,17,21)(H,18,19). The van der Waals surface area contributed by atoms with Crippen molar-refractivity contribution in [2.75, 3.05) is 0 Å². The third kappa shape index (κ3) is 3.16. The van der Waals surface area contributed by atoms with Gasteiger partial charge in [0.05, 0.1) is 30.2 Å². The summed E-state index contributed by atoms with van der Waals surface area (Å²) in [6.07, 6.45) is 4.64. The van der Waals surface area contributed by atoms with E-state index in [1.165, 1.54) is 0 Å². The maximum atomic E-state index is 12.5. The Morgan fingerprint density at radius 2 is 2.41 bits per heavy atom. The zero-order chi connectivity index (χ0) is 15.5. The lowest BCUT2D eigenvalue weighted by molar-refractivity contribution is 0.166. The zero-order valence-corrected chi connectivity index (χ0v) is 13.0. The van der Waals surface area contributed by atoms with Gasteiger partial charge in [-0.25, -0.2) is 4.79 Å². The fourth-order valence-electron chi connectivity index (χ4n) is 2.62. The van der Waals surface area contributed by atoms with E-state index in [1.54, 1.807) is 6.26 Å². The van der Waals surface area contributed by atoms with Crippen LogP contribution >= 0.6 is 0 Å². The molecular formula is C16H22N4O2. The summed E-state index contributed by atoms with van der Waals surface area (Å²) < 4.78 is 5.45. The van der Waals surface area contributed by atoms with Crippen LogP contribution < -0.4 is 5.32 Å². The van der Waals surface area contributed by atoms with Crippen LogP contribution in [0, 0.1) is 0 Å². The summed E-state index contributed by atoms with van der Waals surface area (Å²) in [5.41, 5.74) is 1.93. The molecule has 1 unspecified atom stereocenters. The molecule has 2 N–H and O–H groups in total. The summed E-state index contributed by atoms with van der Waals surface area (Å²) in [4.78, 5) is 14.4. The van der Waals surface area contributed by atoms with E-state index in [4.69, 9.17) is 4.42 Å². The highest BCUT2D eigenvalue weighted by Crippen LogP contribution is 2.34. The molecule has 1 aliphatic carbocycles. The third-order valence-corrected chi connectivity index (χ3v) is 4.02. The fourth-order valence-corrected chi connectivity index (χ4v) is 2.62. The highest BCUT2D eigenvalue weighted by molar-refractivity contribution is 5.75. The molecule has 0 bridgehead atoms. The lowest BCUT2D eigenvalue weighted by Gasteiger charge is -2.28. The average Bonchev–Trinajstić information content (AvgIpc) is 3.05. The SMILES string of the molecule is CCc1cc(CNC(=O)N(C2CC2)C(C)c2ccco2)[nH]n1. The Hall–Kier alpha value is -2.24. The number of aromatic nitrogens is 2. The van der Waals surface area contributed by atoms with E-state index < -0.39 is 0 Å².